The molecule has 21 heavy (non-hydrogen) atoms. The van der Waals surface area contributed by atoms with E-state index in [0.717, 1.165) is 39.1 Å². The van der Waals surface area contributed by atoms with Gasteiger partial charge in [-0.25, -0.2) is 0 Å². The van der Waals surface area contributed by atoms with Gasteiger partial charge in [0, 0.05) is 25.3 Å². The molecule has 1 heterocycles. The Hall–Kier alpha value is -1.26. The molecule has 116 valence electrons. The van der Waals surface area contributed by atoms with E-state index in [2.05, 4.69) is 11.8 Å². The number of halogens is 1. The molecule has 0 radical (unpaired) electrons. The SMILES string of the molecule is CCCCN1CCCN(C(=O)c2cc(N)ccc2Cl)CC1. The topological polar surface area (TPSA) is 49.6 Å². The molecule has 1 fully saturated rings. The van der Waals surface area contributed by atoms with Crippen molar-refractivity contribution in [1.82, 2.24) is 9.80 Å². The fourth-order valence-electron chi connectivity index (χ4n) is 2.66. The first-order valence-electron chi connectivity index (χ1n) is 7.68. The van der Waals surface area contributed by atoms with E-state index in [1.54, 1.807) is 18.2 Å². The van der Waals surface area contributed by atoms with Crippen molar-refractivity contribution >= 4 is 23.2 Å². The molecule has 1 amide bonds. The number of rotatable bonds is 4. The normalized spacial score (nSPS) is 16.8. The quantitative estimate of drug-likeness (QED) is 0.870. The summed E-state index contributed by atoms with van der Waals surface area (Å²) in [6.45, 7) is 6.87. The summed E-state index contributed by atoms with van der Waals surface area (Å²) in [6.07, 6.45) is 3.43. The molecule has 1 aromatic rings. The molecule has 1 aliphatic rings. The average Bonchev–Trinajstić information content (AvgIpc) is 2.72. The Balaban J connectivity index is 2.01. The summed E-state index contributed by atoms with van der Waals surface area (Å²) in [4.78, 5) is 17.0. The Morgan fingerprint density at radius 1 is 1.29 bits per heavy atom. The minimum absolute atomic E-state index is 0.00959. The molecule has 1 aliphatic heterocycles. The van der Waals surface area contributed by atoms with Crippen LogP contribution in [0.4, 0.5) is 5.69 Å². The maximum atomic E-state index is 12.6. The van der Waals surface area contributed by atoms with E-state index in [1.165, 1.54) is 12.8 Å². The van der Waals surface area contributed by atoms with Crippen LogP contribution >= 0.6 is 11.6 Å². The third kappa shape index (κ3) is 4.35. The van der Waals surface area contributed by atoms with Gasteiger partial charge in [0.1, 0.15) is 0 Å². The molecule has 0 bridgehead atoms. The minimum atomic E-state index is -0.00959. The summed E-state index contributed by atoms with van der Waals surface area (Å²) >= 11 is 6.13. The Morgan fingerprint density at radius 3 is 2.86 bits per heavy atom. The molecule has 5 heteroatoms. The molecular formula is C16H24ClN3O. The molecule has 1 aromatic carbocycles. The summed E-state index contributed by atoms with van der Waals surface area (Å²) in [6, 6.07) is 5.08. The van der Waals surface area contributed by atoms with E-state index < -0.39 is 0 Å². The lowest BCUT2D eigenvalue weighted by molar-refractivity contribution is 0.0761. The van der Waals surface area contributed by atoms with Crippen molar-refractivity contribution in [3.05, 3.63) is 28.8 Å². The van der Waals surface area contributed by atoms with E-state index in [9.17, 15) is 4.79 Å². The zero-order chi connectivity index (χ0) is 15.2. The minimum Gasteiger partial charge on any atom is -0.399 e. The van der Waals surface area contributed by atoms with Gasteiger partial charge in [-0.15, -0.1) is 0 Å². The van der Waals surface area contributed by atoms with Crippen LogP contribution in [0.15, 0.2) is 18.2 Å². The molecule has 0 aromatic heterocycles. The van der Waals surface area contributed by atoms with Gasteiger partial charge >= 0.3 is 0 Å². The van der Waals surface area contributed by atoms with Crippen LogP contribution in [0.5, 0.6) is 0 Å². The van der Waals surface area contributed by atoms with E-state index in [4.69, 9.17) is 17.3 Å². The van der Waals surface area contributed by atoms with Gasteiger partial charge in [-0.3, -0.25) is 4.79 Å². The second-order valence-electron chi connectivity index (χ2n) is 5.58. The van der Waals surface area contributed by atoms with E-state index >= 15 is 0 Å². The second kappa shape index (κ2) is 7.66. The van der Waals surface area contributed by atoms with Crippen LogP contribution in [-0.2, 0) is 0 Å². The number of carbonyl (C=O) groups is 1. The van der Waals surface area contributed by atoms with E-state index in [0.29, 0.717) is 16.3 Å². The predicted molar refractivity (Wildman–Crippen MR) is 87.7 cm³/mol. The molecule has 2 N–H and O–H groups in total. The van der Waals surface area contributed by atoms with Crippen LogP contribution in [-0.4, -0.2) is 48.4 Å². The fourth-order valence-corrected chi connectivity index (χ4v) is 2.85. The summed E-state index contributed by atoms with van der Waals surface area (Å²) in [5.74, 6) is -0.00959. The predicted octanol–water partition coefficient (Wildman–Crippen LogP) is 2.87. The van der Waals surface area contributed by atoms with Gasteiger partial charge < -0.3 is 15.5 Å². The molecule has 4 nitrogen and oxygen atoms in total. The first-order chi connectivity index (χ1) is 10.1. The highest BCUT2D eigenvalue weighted by Gasteiger charge is 2.21. The van der Waals surface area contributed by atoms with Crippen molar-refractivity contribution in [2.45, 2.75) is 26.2 Å². The third-order valence-corrected chi connectivity index (χ3v) is 4.25. The highest BCUT2D eigenvalue weighted by Crippen LogP contribution is 2.21. The second-order valence-corrected chi connectivity index (χ2v) is 5.99. The number of anilines is 1. The van der Waals surface area contributed by atoms with Crippen molar-refractivity contribution < 1.29 is 4.79 Å². The van der Waals surface area contributed by atoms with Crippen LogP contribution < -0.4 is 5.73 Å². The molecule has 0 unspecified atom stereocenters. The van der Waals surface area contributed by atoms with Crippen LogP contribution in [0.3, 0.4) is 0 Å². The van der Waals surface area contributed by atoms with Crippen molar-refractivity contribution in [3.63, 3.8) is 0 Å². The average molecular weight is 310 g/mol. The molecular weight excluding hydrogens is 286 g/mol. The standard InChI is InChI=1S/C16H24ClN3O/c1-2-3-7-19-8-4-9-20(11-10-19)16(21)14-12-13(18)5-6-15(14)17/h5-6,12H,2-4,7-11,18H2,1H3. The van der Waals surface area contributed by atoms with E-state index in [-0.39, 0.29) is 5.91 Å². The zero-order valence-electron chi connectivity index (χ0n) is 12.6. The zero-order valence-corrected chi connectivity index (χ0v) is 13.4. The van der Waals surface area contributed by atoms with Gasteiger partial charge in [0.15, 0.2) is 0 Å². The summed E-state index contributed by atoms with van der Waals surface area (Å²) in [5.41, 5.74) is 6.85. The summed E-state index contributed by atoms with van der Waals surface area (Å²) in [7, 11) is 0. The lowest BCUT2D eigenvalue weighted by Crippen LogP contribution is -2.35. The Morgan fingerprint density at radius 2 is 2.10 bits per heavy atom. The molecule has 0 spiro atoms. The van der Waals surface area contributed by atoms with Crippen LogP contribution in [0, 0.1) is 0 Å². The molecule has 2 rings (SSSR count). The first kappa shape index (κ1) is 16.1. The molecule has 0 atom stereocenters. The van der Waals surface area contributed by atoms with Gasteiger partial charge in [0.2, 0.25) is 0 Å². The Bertz CT molecular complexity index is 492. The number of amides is 1. The highest BCUT2D eigenvalue weighted by molar-refractivity contribution is 6.34. The number of carbonyl (C=O) groups excluding carboxylic acids is 1. The molecule has 0 saturated carbocycles. The number of nitrogen functional groups attached to an aromatic ring is 1. The number of hydrogen-bond acceptors (Lipinski definition) is 3. The largest absolute Gasteiger partial charge is 0.399 e. The molecule has 0 aliphatic carbocycles. The van der Waals surface area contributed by atoms with Crippen LogP contribution in [0.2, 0.25) is 5.02 Å². The van der Waals surface area contributed by atoms with E-state index in [1.807, 2.05) is 4.90 Å². The van der Waals surface area contributed by atoms with Gasteiger partial charge in [0.25, 0.3) is 5.91 Å². The van der Waals surface area contributed by atoms with Crippen LogP contribution in [0.1, 0.15) is 36.5 Å². The number of unbranched alkanes of at least 4 members (excludes halogenated alkanes) is 1. The summed E-state index contributed by atoms with van der Waals surface area (Å²) < 4.78 is 0. The first-order valence-corrected chi connectivity index (χ1v) is 8.06. The fraction of sp³-hybridized carbons (Fsp3) is 0.562. The highest BCUT2D eigenvalue weighted by atomic mass is 35.5. The maximum Gasteiger partial charge on any atom is 0.255 e. The smallest absolute Gasteiger partial charge is 0.255 e. The number of nitrogens with zero attached hydrogens (tertiary/aromatic N) is 2. The summed E-state index contributed by atoms with van der Waals surface area (Å²) in [5, 5.41) is 0.473. The van der Waals surface area contributed by atoms with Crippen molar-refractivity contribution in [2.24, 2.45) is 0 Å². The monoisotopic (exact) mass is 309 g/mol. The number of nitrogens with two attached hydrogens (primary N) is 1. The lowest BCUT2D eigenvalue weighted by Gasteiger charge is -2.22. The van der Waals surface area contributed by atoms with Gasteiger partial charge in [-0.2, -0.15) is 0 Å². The maximum absolute atomic E-state index is 12.6. The Kier molecular flexibility index (Phi) is 5.88. The van der Waals surface area contributed by atoms with Crippen molar-refractivity contribution in [1.29, 1.82) is 0 Å². The van der Waals surface area contributed by atoms with Crippen LogP contribution in [0.25, 0.3) is 0 Å². The van der Waals surface area contributed by atoms with Gasteiger partial charge in [-0.1, -0.05) is 24.9 Å². The number of benzene rings is 1. The molecule has 1 saturated heterocycles. The van der Waals surface area contributed by atoms with Gasteiger partial charge in [0.05, 0.1) is 10.6 Å². The lowest BCUT2D eigenvalue weighted by atomic mass is 10.1. The van der Waals surface area contributed by atoms with Crippen molar-refractivity contribution in [2.75, 3.05) is 38.5 Å². The number of hydrogen-bond donors (Lipinski definition) is 1. The van der Waals surface area contributed by atoms with Gasteiger partial charge in [-0.05, 0) is 44.1 Å². The Labute approximate surface area is 131 Å². The third-order valence-electron chi connectivity index (χ3n) is 3.92. The van der Waals surface area contributed by atoms with Crippen molar-refractivity contribution in [3.8, 4) is 0 Å².